The standard InChI is InChI=1S/C36H59O8P/c1-4-6-8-10-12-14-16-18-20-22-24-26-28-30-35(37)42-32-34(33-43-45(39,40)41-3)44-36(38)31-29-27-25-23-21-19-17-15-13-11-9-7-5-2/h7-10,13-16,19,21,25,27,34H,4-6,11-12,17-18,20,22-24,26,28-33H2,1-3H3,(H,39,40)/b9-7-,10-8-,15-13-,16-14-,21-19-,27-25-. The number of ether oxygens (including phenoxy) is 2. The monoisotopic (exact) mass is 650 g/mol. The summed E-state index contributed by atoms with van der Waals surface area (Å²) in [5, 5.41) is 0. The summed E-state index contributed by atoms with van der Waals surface area (Å²) in [6.07, 6.45) is 38.3. The van der Waals surface area contributed by atoms with Gasteiger partial charge in [0.1, 0.15) is 6.61 Å². The summed E-state index contributed by atoms with van der Waals surface area (Å²) >= 11 is 0. The Bertz CT molecular complexity index is 964. The number of unbranched alkanes of at least 4 members (excludes halogenated alkanes) is 6. The molecule has 0 aliphatic rings. The Hall–Kier alpha value is -2.51. The minimum atomic E-state index is -4.28. The van der Waals surface area contributed by atoms with Gasteiger partial charge < -0.3 is 14.4 Å². The van der Waals surface area contributed by atoms with Crippen LogP contribution in [0, 0.1) is 0 Å². The number of phosphoric ester groups is 1. The van der Waals surface area contributed by atoms with Crippen molar-refractivity contribution < 1.29 is 37.6 Å². The van der Waals surface area contributed by atoms with Gasteiger partial charge in [-0.2, -0.15) is 0 Å². The summed E-state index contributed by atoms with van der Waals surface area (Å²) in [5.41, 5.74) is 0. The van der Waals surface area contributed by atoms with Crippen molar-refractivity contribution in [2.75, 3.05) is 20.3 Å². The number of carbonyl (C=O) groups excluding carboxylic acids is 2. The molecule has 0 aliphatic heterocycles. The summed E-state index contributed by atoms with van der Waals surface area (Å²) in [5.74, 6) is -0.927. The normalized spacial score (nSPS) is 14.5. The van der Waals surface area contributed by atoms with Crippen molar-refractivity contribution >= 4 is 19.8 Å². The molecule has 2 atom stereocenters. The van der Waals surface area contributed by atoms with E-state index in [2.05, 4.69) is 79.1 Å². The first kappa shape index (κ1) is 42.5. The smallest absolute Gasteiger partial charge is 0.462 e. The molecule has 0 saturated carbocycles. The molecular formula is C36H59O8P. The van der Waals surface area contributed by atoms with Gasteiger partial charge in [-0.25, -0.2) is 4.57 Å². The number of allylic oxidation sites excluding steroid dienone is 12. The molecule has 9 heteroatoms. The van der Waals surface area contributed by atoms with E-state index in [9.17, 15) is 19.0 Å². The second kappa shape index (κ2) is 31.5. The molecule has 1 N–H and O–H groups in total. The predicted octanol–water partition coefficient (Wildman–Crippen LogP) is 9.82. The largest absolute Gasteiger partial charge is 0.472 e. The zero-order valence-electron chi connectivity index (χ0n) is 28.0. The maximum atomic E-state index is 12.4. The average Bonchev–Trinajstić information content (AvgIpc) is 3.03. The lowest BCUT2D eigenvalue weighted by molar-refractivity contribution is -0.161. The van der Waals surface area contributed by atoms with E-state index < -0.39 is 32.5 Å². The zero-order valence-corrected chi connectivity index (χ0v) is 28.9. The molecule has 0 aromatic heterocycles. The number of carbonyl (C=O) groups is 2. The highest BCUT2D eigenvalue weighted by Crippen LogP contribution is 2.42. The molecule has 0 fully saturated rings. The molecule has 0 rings (SSSR count). The third kappa shape index (κ3) is 31.3. The van der Waals surface area contributed by atoms with E-state index >= 15 is 0 Å². The second-order valence-electron chi connectivity index (χ2n) is 10.6. The van der Waals surface area contributed by atoms with Crippen molar-refractivity contribution in [3.8, 4) is 0 Å². The molecule has 45 heavy (non-hydrogen) atoms. The molecule has 0 heterocycles. The fraction of sp³-hybridized carbons (Fsp3) is 0.611. The van der Waals surface area contributed by atoms with Crippen LogP contribution in [0.25, 0.3) is 0 Å². The number of hydrogen-bond donors (Lipinski definition) is 1. The van der Waals surface area contributed by atoms with Gasteiger partial charge in [0.05, 0.1) is 6.61 Å². The Balaban J connectivity index is 4.28. The Labute approximate surface area is 272 Å². The van der Waals surface area contributed by atoms with Crippen molar-refractivity contribution in [3.63, 3.8) is 0 Å². The van der Waals surface area contributed by atoms with Gasteiger partial charge in [-0.1, -0.05) is 112 Å². The van der Waals surface area contributed by atoms with Gasteiger partial charge in [0.15, 0.2) is 6.10 Å². The van der Waals surface area contributed by atoms with Crippen molar-refractivity contribution in [2.24, 2.45) is 0 Å². The van der Waals surface area contributed by atoms with Crippen molar-refractivity contribution in [3.05, 3.63) is 72.9 Å². The topological polar surface area (TPSA) is 108 Å². The van der Waals surface area contributed by atoms with Crippen molar-refractivity contribution in [1.82, 2.24) is 0 Å². The predicted molar refractivity (Wildman–Crippen MR) is 184 cm³/mol. The van der Waals surface area contributed by atoms with Crippen LogP contribution < -0.4 is 0 Å². The minimum Gasteiger partial charge on any atom is -0.462 e. The van der Waals surface area contributed by atoms with Gasteiger partial charge in [0.25, 0.3) is 0 Å². The highest BCUT2D eigenvalue weighted by molar-refractivity contribution is 7.47. The van der Waals surface area contributed by atoms with Crippen LogP contribution in [-0.2, 0) is 32.7 Å². The summed E-state index contributed by atoms with van der Waals surface area (Å²) in [6.45, 7) is 3.59. The maximum Gasteiger partial charge on any atom is 0.472 e. The highest BCUT2D eigenvalue weighted by atomic mass is 31.2. The van der Waals surface area contributed by atoms with Gasteiger partial charge in [0.2, 0.25) is 0 Å². The van der Waals surface area contributed by atoms with Crippen LogP contribution in [0.1, 0.15) is 117 Å². The SMILES string of the molecule is CC/C=C\C/C=C\C/C=C\C/C=C\CCC(=O)OC(COC(=O)CCCCCCC/C=C\C/C=C\CCC)COP(=O)(O)OC. The van der Waals surface area contributed by atoms with Crippen LogP contribution in [0.2, 0.25) is 0 Å². The number of hydrogen-bond acceptors (Lipinski definition) is 7. The molecule has 0 aliphatic carbocycles. The van der Waals surface area contributed by atoms with Crippen LogP contribution >= 0.6 is 7.82 Å². The average molecular weight is 651 g/mol. The fourth-order valence-electron chi connectivity index (χ4n) is 3.88. The van der Waals surface area contributed by atoms with Gasteiger partial charge in [0, 0.05) is 20.0 Å². The first-order valence-electron chi connectivity index (χ1n) is 16.6. The summed E-state index contributed by atoms with van der Waals surface area (Å²) < 4.78 is 31.6. The summed E-state index contributed by atoms with van der Waals surface area (Å²) in [6, 6.07) is 0. The third-order valence-electron chi connectivity index (χ3n) is 6.43. The van der Waals surface area contributed by atoms with Crippen molar-refractivity contribution in [2.45, 2.75) is 123 Å². The lowest BCUT2D eigenvalue weighted by Crippen LogP contribution is -2.29. The van der Waals surface area contributed by atoms with Gasteiger partial charge in [-0.05, 0) is 64.2 Å². The van der Waals surface area contributed by atoms with E-state index in [0.29, 0.717) is 12.8 Å². The lowest BCUT2D eigenvalue weighted by atomic mass is 10.1. The summed E-state index contributed by atoms with van der Waals surface area (Å²) in [4.78, 5) is 34.1. The molecule has 0 bridgehead atoms. The van der Waals surface area contributed by atoms with Crippen molar-refractivity contribution in [1.29, 1.82) is 0 Å². The van der Waals surface area contributed by atoms with Crippen LogP contribution in [0.3, 0.4) is 0 Å². The number of rotatable bonds is 29. The molecule has 0 aromatic rings. The van der Waals surface area contributed by atoms with E-state index in [0.717, 1.165) is 77.7 Å². The molecule has 0 amide bonds. The molecule has 0 aromatic carbocycles. The van der Waals surface area contributed by atoms with Gasteiger partial charge in [-0.3, -0.25) is 18.6 Å². The third-order valence-corrected chi connectivity index (χ3v) is 7.37. The van der Waals surface area contributed by atoms with Gasteiger partial charge in [-0.15, -0.1) is 0 Å². The molecule has 0 saturated heterocycles. The van der Waals surface area contributed by atoms with E-state index in [1.165, 1.54) is 6.42 Å². The Morgan fingerprint density at radius 3 is 1.78 bits per heavy atom. The molecule has 0 radical (unpaired) electrons. The van der Waals surface area contributed by atoms with E-state index in [1.807, 2.05) is 12.2 Å². The summed E-state index contributed by atoms with van der Waals surface area (Å²) in [7, 11) is -3.24. The first-order valence-corrected chi connectivity index (χ1v) is 18.1. The Morgan fingerprint density at radius 2 is 1.18 bits per heavy atom. The van der Waals surface area contributed by atoms with Crippen LogP contribution in [0.15, 0.2) is 72.9 Å². The number of phosphoric acid groups is 1. The molecule has 8 nitrogen and oxygen atoms in total. The molecule has 256 valence electrons. The highest BCUT2D eigenvalue weighted by Gasteiger charge is 2.24. The van der Waals surface area contributed by atoms with Gasteiger partial charge >= 0.3 is 19.8 Å². The quantitative estimate of drug-likeness (QED) is 0.0369. The van der Waals surface area contributed by atoms with E-state index in [1.54, 1.807) is 0 Å². The molecule has 2 unspecified atom stereocenters. The first-order chi connectivity index (χ1) is 21.8. The van der Waals surface area contributed by atoms with E-state index in [-0.39, 0.29) is 19.4 Å². The Morgan fingerprint density at radius 1 is 0.644 bits per heavy atom. The molecular weight excluding hydrogens is 591 g/mol. The maximum absolute atomic E-state index is 12.4. The van der Waals surface area contributed by atoms with E-state index in [4.69, 9.17) is 14.0 Å². The minimum absolute atomic E-state index is 0.117. The Kier molecular flexibility index (Phi) is 29.7. The fourth-order valence-corrected chi connectivity index (χ4v) is 4.34. The number of esters is 2. The van der Waals surface area contributed by atoms with Crippen LogP contribution in [0.5, 0.6) is 0 Å². The second-order valence-corrected chi connectivity index (χ2v) is 12.1. The van der Waals surface area contributed by atoms with Crippen LogP contribution in [-0.4, -0.2) is 43.3 Å². The van der Waals surface area contributed by atoms with Crippen LogP contribution in [0.4, 0.5) is 0 Å². The zero-order chi connectivity index (χ0) is 33.3. The molecule has 0 spiro atoms. The lowest BCUT2D eigenvalue weighted by Gasteiger charge is -2.19.